The van der Waals surface area contributed by atoms with Crippen LogP contribution in [0.1, 0.15) is 51.4 Å². The Labute approximate surface area is 244 Å². The van der Waals surface area contributed by atoms with Crippen LogP contribution >= 0.6 is 11.6 Å². The second kappa shape index (κ2) is 15.5. The van der Waals surface area contributed by atoms with Crippen LogP contribution in [-0.4, -0.2) is 47.3 Å². The summed E-state index contributed by atoms with van der Waals surface area (Å²) in [6, 6.07) is 24.5. The van der Waals surface area contributed by atoms with Crippen LogP contribution in [0.5, 0.6) is 11.5 Å². The summed E-state index contributed by atoms with van der Waals surface area (Å²) in [4.78, 5) is 7.44. The first kappa shape index (κ1) is 29.7. The van der Waals surface area contributed by atoms with Gasteiger partial charge in [-0.2, -0.15) is 0 Å². The SMILES string of the molecule is CCCCc1nc(-c2ccc(OCCc3cccc(Cl)c3)cc2)cn1-c1ccc(OCCCN(CC)CC)cc1. The van der Waals surface area contributed by atoms with Crippen molar-refractivity contribution in [3.63, 3.8) is 0 Å². The number of hydrogen-bond donors (Lipinski definition) is 0. The Balaban J connectivity index is 1.39. The van der Waals surface area contributed by atoms with E-state index in [9.17, 15) is 0 Å². The van der Waals surface area contributed by atoms with E-state index in [1.807, 2.05) is 30.3 Å². The zero-order chi connectivity index (χ0) is 28.2. The normalized spacial score (nSPS) is 11.2. The molecule has 0 spiro atoms. The first-order chi connectivity index (χ1) is 19.6. The third-order valence-corrected chi connectivity index (χ3v) is 7.36. The molecule has 0 unspecified atom stereocenters. The summed E-state index contributed by atoms with van der Waals surface area (Å²) in [7, 11) is 0. The number of aromatic nitrogens is 2. The predicted molar refractivity (Wildman–Crippen MR) is 166 cm³/mol. The fraction of sp³-hybridized carbons (Fsp3) is 0.382. The summed E-state index contributed by atoms with van der Waals surface area (Å²) >= 11 is 6.09. The van der Waals surface area contributed by atoms with Gasteiger partial charge >= 0.3 is 0 Å². The van der Waals surface area contributed by atoms with E-state index in [0.717, 1.165) is 97.6 Å². The van der Waals surface area contributed by atoms with Crippen molar-refractivity contribution in [2.45, 2.75) is 52.9 Å². The lowest BCUT2D eigenvalue weighted by molar-refractivity contribution is 0.249. The summed E-state index contributed by atoms with van der Waals surface area (Å²) < 4.78 is 14.2. The van der Waals surface area contributed by atoms with E-state index in [1.54, 1.807) is 0 Å². The minimum atomic E-state index is 0.602. The van der Waals surface area contributed by atoms with Crippen LogP contribution in [0.3, 0.4) is 0 Å². The molecule has 0 amide bonds. The summed E-state index contributed by atoms with van der Waals surface area (Å²) in [5, 5.41) is 0.755. The first-order valence-electron chi connectivity index (χ1n) is 14.6. The summed E-state index contributed by atoms with van der Waals surface area (Å²) in [6.07, 6.45) is 7.15. The molecule has 1 aromatic heterocycles. The highest BCUT2D eigenvalue weighted by Crippen LogP contribution is 2.26. The Hall–Kier alpha value is -3.28. The van der Waals surface area contributed by atoms with Gasteiger partial charge in [-0.3, -0.25) is 0 Å². The molecule has 0 radical (unpaired) electrons. The number of halogens is 1. The van der Waals surface area contributed by atoms with Gasteiger partial charge in [0.1, 0.15) is 17.3 Å². The number of hydrogen-bond acceptors (Lipinski definition) is 4. The molecule has 0 fully saturated rings. The van der Waals surface area contributed by atoms with Crippen molar-refractivity contribution in [2.24, 2.45) is 0 Å². The molecule has 3 aromatic carbocycles. The highest BCUT2D eigenvalue weighted by molar-refractivity contribution is 6.30. The van der Waals surface area contributed by atoms with Crippen LogP contribution in [-0.2, 0) is 12.8 Å². The number of unbranched alkanes of at least 4 members (excludes halogenated alkanes) is 1. The Morgan fingerprint density at radius 2 is 1.50 bits per heavy atom. The van der Waals surface area contributed by atoms with Gasteiger partial charge in [-0.1, -0.05) is 50.9 Å². The average Bonchev–Trinajstić information content (AvgIpc) is 3.41. The molecule has 212 valence electrons. The molecule has 0 bridgehead atoms. The predicted octanol–water partition coefficient (Wildman–Crippen LogP) is 8.27. The number of rotatable bonds is 16. The van der Waals surface area contributed by atoms with Gasteiger partial charge in [0.15, 0.2) is 0 Å². The van der Waals surface area contributed by atoms with Crippen molar-refractivity contribution in [2.75, 3.05) is 32.8 Å². The van der Waals surface area contributed by atoms with Crippen molar-refractivity contribution in [1.82, 2.24) is 14.5 Å². The monoisotopic (exact) mass is 559 g/mol. The number of aryl methyl sites for hydroxylation is 1. The van der Waals surface area contributed by atoms with E-state index in [-0.39, 0.29) is 0 Å². The van der Waals surface area contributed by atoms with Gasteiger partial charge in [0, 0.05) is 41.9 Å². The van der Waals surface area contributed by atoms with E-state index in [2.05, 4.69) is 78.9 Å². The average molecular weight is 560 g/mol. The standard InChI is InChI=1S/C34H42ClN3O2/c1-4-7-12-34-36-33(28-13-17-31(18-14-28)40-24-21-27-10-8-11-29(35)25-27)26-38(34)30-15-19-32(20-16-30)39-23-9-22-37(5-2)6-3/h8,10-11,13-20,25-26H,4-7,9,12,21-24H2,1-3H3. The maximum Gasteiger partial charge on any atom is 0.119 e. The van der Waals surface area contributed by atoms with Crippen LogP contribution in [0.15, 0.2) is 79.0 Å². The molecule has 4 rings (SSSR count). The smallest absolute Gasteiger partial charge is 0.119 e. The molecular formula is C34H42ClN3O2. The van der Waals surface area contributed by atoms with Crippen molar-refractivity contribution in [3.8, 4) is 28.4 Å². The highest BCUT2D eigenvalue weighted by atomic mass is 35.5. The number of imidazole rings is 1. The quantitative estimate of drug-likeness (QED) is 0.129. The van der Waals surface area contributed by atoms with E-state index in [4.69, 9.17) is 26.1 Å². The van der Waals surface area contributed by atoms with Gasteiger partial charge in [0.2, 0.25) is 0 Å². The molecule has 0 N–H and O–H groups in total. The third kappa shape index (κ3) is 8.61. The number of ether oxygens (including phenoxy) is 2. The topological polar surface area (TPSA) is 39.5 Å². The number of benzene rings is 3. The minimum Gasteiger partial charge on any atom is -0.494 e. The molecule has 4 aromatic rings. The summed E-state index contributed by atoms with van der Waals surface area (Å²) in [5.74, 6) is 2.83. The van der Waals surface area contributed by atoms with Crippen molar-refractivity contribution in [3.05, 3.63) is 95.4 Å². The van der Waals surface area contributed by atoms with Gasteiger partial charge in [-0.05, 0) is 92.2 Å². The lowest BCUT2D eigenvalue weighted by Gasteiger charge is -2.17. The maximum atomic E-state index is 6.09. The Morgan fingerprint density at radius 1 is 0.800 bits per heavy atom. The van der Waals surface area contributed by atoms with Crippen LogP contribution in [0.4, 0.5) is 0 Å². The van der Waals surface area contributed by atoms with Gasteiger partial charge in [-0.25, -0.2) is 4.98 Å². The molecule has 0 atom stereocenters. The zero-order valence-electron chi connectivity index (χ0n) is 24.1. The van der Waals surface area contributed by atoms with Gasteiger partial charge in [0.05, 0.1) is 18.9 Å². The van der Waals surface area contributed by atoms with Crippen molar-refractivity contribution >= 4 is 11.6 Å². The van der Waals surface area contributed by atoms with Gasteiger partial charge in [0.25, 0.3) is 0 Å². The minimum absolute atomic E-state index is 0.602. The fourth-order valence-electron chi connectivity index (χ4n) is 4.71. The van der Waals surface area contributed by atoms with E-state index >= 15 is 0 Å². The van der Waals surface area contributed by atoms with E-state index in [0.29, 0.717) is 6.61 Å². The molecule has 40 heavy (non-hydrogen) atoms. The molecule has 6 heteroatoms. The fourth-order valence-corrected chi connectivity index (χ4v) is 4.93. The summed E-state index contributed by atoms with van der Waals surface area (Å²) in [5.41, 5.74) is 4.31. The van der Waals surface area contributed by atoms with Crippen LogP contribution < -0.4 is 9.47 Å². The lowest BCUT2D eigenvalue weighted by atomic mass is 10.1. The molecule has 0 saturated carbocycles. The van der Waals surface area contributed by atoms with Crippen LogP contribution in [0.2, 0.25) is 5.02 Å². The first-order valence-corrected chi connectivity index (χ1v) is 15.0. The van der Waals surface area contributed by atoms with E-state index < -0.39 is 0 Å². The van der Waals surface area contributed by atoms with Crippen molar-refractivity contribution in [1.29, 1.82) is 0 Å². The molecule has 0 aliphatic heterocycles. The molecular weight excluding hydrogens is 518 g/mol. The van der Waals surface area contributed by atoms with Crippen LogP contribution in [0.25, 0.3) is 16.9 Å². The third-order valence-electron chi connectivity index (χ3n) is 7.13. The molecule has 0 aliphatic carbocycles. The maximum absolute atomic E-state index is 6.09. The van der Waals surface area contributed by atoms with Crippen molar-refractivity contribution < 1.29 is 9.47 Å². The Bertz CT molecular complexity index is 1300. The largest absolute Gasteiger partial charge is 0.494 e. The second-order valence-corrected chi connectivity index (χ2v) is 10.4. The van der Waals surface area contributed by atoms with E-state index in [1.165, 1.54) is 5.56 Å². The van der Waals surface area contributed by atoms with Crippen LogP contribution in [0, 0.1) is 0 Å². The number of nitrogens with zero attached hydrogens (tertiary/aromatic N) is 3. The molecule has 1 heterocycles. The Kier molecular flexibility index (Phi) is 11.5. The van der Waals surface area contributed by atoms with Gasteiger partial charge < -0.3 is 18.9 Å². The second-order valence-electron chi connectivity index (χ2n) is 9.99. The zero-order valence-corrected chi connectivity index (χ0v) is 24.9. The highest BCUT2D eigenvalue weighted by Gasteiger charge is 2.12. The molecule has 0 aliphatic rings. The molecule has 5 nitrogen and oxygen atoms in total. The lowest BCUT2D eigenvalue weighted by Crippen LogP contribution is -2.25. The Morgan fingerprint density at radius 3 is 2.17 bits per heavy atom. The summed E-state index contributed by atoms with van der Waals surface area (Å²) in [6.45, 7) is 11.2. The van der Waals surface area contributed by atoms with Gasteiger partial charge in [-0.15, -0.1) is 0 Å². The molecule has 0 saturated heterocycles.